The summed E-state index contributed by atoms with van der Waals surface area (Å²) in [6.45, 7) is 2.39. The average Bonchev–Trinajstić information content (AvgIpc) is 2.03. The molecule has 0 aromatic heterocycles. The van der Waals surface area contributed by atoms with Gasteiger partial charge in [0, 0.05) is 0 Å². The molecule has 1 aliphatic heterocycles. The SMILES string of the molecule is C[Si]1(C#CCO)CCCCC1. The third-order valence-corrected chi connectivity index (χ3v) is 6.12. The van der Waals surface area contributed by atoms with E-state index in [4.69, 9.17) is 5.11 Å². The molecule has 1 heterocycles. The van der Waals surface area contributed by atoms with Gasteiger partial charge in [-0.3, -0.25) is 0 Å². The lowest BCUT2D eigenvalue weighted by Crippen LogP contribution is -2.30. The Hall–Kier alpha value is -0.263. The van der Waals surface area contributed by atoms with E-state index in [0.29, 0.717) is 0 Å². The molecule has 0 spiro atoms. The van der Waals surface area contributed by atoms with Crippen LogP contribution in [0.5, 0.6) is 0 Å². The summed E-state index contributed by atoms with van der Waals surface area (Å²) in [5.41, 5.74) is 3.29. The minimum absolute atomic E-state index is 0.0442. The molecule has 0 radical (unpaired) electrons. The number of rotatable bonds is 0. The second kappa shape index (κ2) is 3.94. The zero-order chi connectivity index (χ0) is 8.16. The molecule has 1 saturated heterocycles. The maximum atomic E-state index is 8.56. The Morgan fingerprint density at radius 3 is 2.45 bits per heavy atom. The monoisotopic (exact) mass is 168 g/mol. The average molecular weight is 168 g/mol. The van der Waals surface area contributed by atoms with Crippen LogP contribution in [0.4, 0.5) is 0 Å². The van der Waals surface area contributed by atoms with Gasteiger partial charge in [-0.2, -0.15) is 0 Å². The van der Waals surface area contributed by atoms with E-state index in [9.17, 15) is 0 Å². The zero-order valence-corrected chi connectivity index (χ0v) is 8.19. The van der Waals surface area contributed by atoms with E-state index in [1.165, 1.54) is 31.4 Å². The van der Waals surface area contributed by atoms with Crippen molar-refractivity contribution in [3.8, 4) is 11.5 Å². The Morgan fingerprint density at radius 2 is 1.91 bits per heavy atom. The Balaban J connectivity index is 2.49. The van der Waals surface area contributed by atoms with Crippen molar-refractivity contribution >= 4 is 8.07 Å². The molecule has 1 rings (SSSR count). The van der Waals surface area contributed by atoms with Crippen LogP contribution in [0.25, 0.3) is 0 Å². The van der Waals surface area contributed by atoms with Gasteiger partial charge in [-0.15, -0.1) is 5.54 Å². The van der Waals surface area contributed by atoms with Gasteiger partial charge in [-0.1, -0.05) is 31.7 Å². The van der Waals surface area contributed by atoms with Crippen LogP contribution in [0, 0.1) is 11.5 Å². The van der Waals surface area contributed by atoms with E-state index in [1.54, 1.807) is 0 Å². The van der Waals surface area contributed by atoms with Crippen LogP contribution in [0.1, 0.15) is 19.3 Å². The highest BCUT2D eigenvalue weighted by molar-refractivity contribution is 6.86. The molecule has 0 amide bonds. The summed E-state index contributed by atoms with van der Waals surface area (Å²) >= 11 is 0. The Labute approximate surface area is 69.8 Å². The van der Waals surface area contributed by atoms with Crippen LogP contribution < -0.4 is 0 Å². The number of hydrogen-bond donors (Lipinski definition) is 1. The van der Waals surface area contributed by atoms with Crippen molar-refractivity contribution in [2.24, 2.45) is 0 Å². The molecule has 0 aliphatic carbocycles. The van der Waals surface area contributed by atoms with Gasteiger partial charge in [-0.25, -0.2) is 0 Å². The molecule has 0 bridgehead atoms. The molecule has 0 atom stereocenters. The van der Waals surface area contributed by atoms with E-state index in [1.807, 2.05) is 0 Å². The normalized spacial score (nSPS) is 22.0. The Morgan fingerprint density at radius 1 is 1.27 bits per heavy atom. The minimum Gasteiger partial charge on any atom is -0.384 e. The van der Waals surface area contributed by atoms with Crippen molar-refractivity contribution < 1.29 is 5.11 Å². The molecule has 0 aromatic rings. The van der Waals surface area contributed by atoms with E-state index in [0.717, 1.165) is 0 Å². The van der Waals surface area contributed by atoms with Gasteiger partial charge in [0.15, 0.2) is 0 Å². The first-order chi connectivity index (χ1) is 5.27. The van der Waals surface area contributed by atoms with E-state index < -0.39 is 8.07 Å². The fraction of sp³-hybridized carbons (Fsp3) is 0.778. The molecule has 62 valence electrons. The van der Waals surface area contributed by atoms with Crippen molar-refractivity contribution in [1.29, 1.82) is 0 Å². The Bertz CT molecular complexity index is 172. The molecule has 0 unspecified atom stereocenters. The van der Waals surface area contributed by atoms with Crippen LogP contribution in [-0.2, 0) is 0 Å². The molecule has 2 heteroatoms. The van der Waals surface area contributed by atoms with Crippen LogP contribution >= 0.6 is 0 Å². The van der Waals surface area contributed by atoms with Crippen molar-refractivity contribution in [1.82, 2.24) is 0 Å². The molecule has 1 nitrogen and oxygen atoms in total. The highest BCUT2D eigenvalue weighted by atomic mass is 28.3. The standard InChI is InChI=1S/C9H16OSi/c1-11(9-5-6-10)7-3-2-4-8-11/h10H,2-4,6-8H2,1H3. The summed E-state index contributed by atoms with van der Waals surface area (Å²) in [5, 5.41) is 8.56. The third-order valence-electron chi connectivity index (χ3n) is 2.43. The van der Waals surface area contributed by atoms with E-state index in [-0.39, 0.29) is 6.61 Å². The van der Waals surface area contributed by atoms with Crippen LogP contribution in [0.2, 0.25) is 18.6 Å². The van der Waals surface area contributed by atoms with Crippen LogP contribution in [0.3, 0.4) is 0 Å². The summed E-state index contributed by atoms with van der Waals surface area (Å²) in [4.78, 5) is 0. The van der Waals surface area contributed by atoms with Gasteiger partial charge in [0.2, 0.25) is 0 Å². The molecule has 0 aromatic carbocycles. The molecule has 1 fully saturated rings. The summed E-state index contributed by atoms with van der Waals surface area (Å²) in [6.07, 6.45) is 4.12. The van der Waals surface area contributed by atoms with Gasteiger partial charge in [-0.05, 0) is 12.1 Å². The van der Waals surface area contributed by atoms with Gasteiger partial charge in [0.25, 0.3) is 0 Å². The van der Waals surface area contributed by atoms with Crippen molar-refractivity contribution in [2.45, 2.75) is 37.9 Å². The first-order valence-electron chi connectivity index (χ1n) is 4.38. The lowest BCUT2D eigenvalue weighted by Gasteiger charge is -2.25. The van der Waals surface area contributed by atoms with Crippen LogP contribution in [0.15, 0.2) is 0 Å². The number of hydrogen-bond acceptors (Lipinski definition) is 1. The summed E-state index contributed by atoms with van der Waals surface area (Å²) in [7, 11) is -1.18. The van der Waals surface area contributed by atoms with Crippen molar-refractivity contribution in [3.63, 3.8) is 0 Å². The third kappa shape index (κ3) is 2.68. The first kappa shape index (κ1) is 8.83. The largest absolute Gasteiger partial charge is 0.384 e. The fourth-order valence-electron chi connectivity index (χ4n) is 1.71. The first-order valence-corrected chi connectivity index (χ1v) is 7.29. The lowest BCUT2D eigenvalue weighted by molar-refractivity contribution is 0.350. The summed E-state index contributed by atoms with van der Waals surface area (Å²) in [5.74, 6) is 2.83. The number of aliphatic hydroxyl groups excluding tert-OH is 1. The molecule has 1 aliphatic rings. The molecule has 1 N–H and O–H groups in total. The van der Waals surface area contributed by atoms with E-state index in [2.05, 4.69) is 18.0 Å². The van der Waals surface area contributed by atoms with Gasteiger partial charge >= 0.3 is 0 Å². The summed E-state index contributed by atoms with van der Waals surface area (Å²) < 4.78 is 0. The molecular weight excluding hydrogens is 152 g/mol. The maximum Gasteiger partial charge on any atom is 0.135 e. The maximum absolute atomic E-state index is 8.56. The lowest BCUT2D eigenvalue weighted by atomic mass is 10.3. The van der Waals surface area contributed by atoms with Crippen molar-refractivity contribution in [2.75, 3.05) is 6.61 Å². The smallest absolute Gasteiger partial charge is 0.135 e. The Kier molecular flexibility index (Phi) is 3.16. The van der Waals surface area contributed by atoms with Crippen molar-refractivity contribution in [3.05, 3.63) is 0 Å². The highest BCUT2D eigenvalue weighted by Gasteiger charge is 2.26. The second-order valence-corrected chi connectivity index (χ2v) is 7.95. The predicted molar refractivity (Wildman–Crippen MR) is 49.9 cm³/mol. The van der Waals surface area contributed by atoms with E-state index >= 15 is 0 Å². The predicted octanol–water partition coefficient (Wildman–Crippen LogP) is 1.78. The van der Waals surface area contributed by atoms with Gasteiger partial charge in [0.1, 0.15) is 14.7 Å². The molecule has 0 saturated carbocycles. The zero-order valence-electron chi connectivity index (χ0n) is 7.19. The fourth-order valence-corrected chi connectivity index (χ4v) is 4.78. The van der Waals surface area contributed by atoms with Gasteiger partial charge < -0.3 is 5.11 Å². The quantitative estimate of drug-likeness (QED) is 0.432. The second-order valence-electron chi connectivity index (χ2n) is 3.58. The summed E-state index contributed by atoms with van der Waals surface area (Å²) in [6, 6.07) is 2.69. The highest BCUT2D eigenvalue weighted by Crippen LogP contribution is 2.27. The molecule has 11 heavy (non-hydrogen) atoms. The topological polar surface area (TPSA) is 20.2 Å². The minimum atomic E-state index is -1.18. The van der Waals surface area contributed by atoms with Crippen LogP contribution in [-0.4, -0.2) is 19.8 Å². The molecular formula is C9H16OSi. The van der Waals surface area contributed by atoms with Gasteiger partial charge in [0.05, 0.1) is 0 Å². The number of aliphatic hydroxyl groups is 1.